The van der Waals surface area contributed by atoms with Gasteiger partial charge in [0, 0.05) is 12.1 Å². The monoisotopic (exact) mass is 410 g/mol. The van der Waals surface area contributed by atoms with Crippen LogP contribution in [0.25, 0.3) is 17.4 Å². The van der Waals surface area contributed by atoms with E-state index in [1.165, 1.54) is 24.3 Å². The van der Waals surface area contributed by atoms with Crippen LogP contribution in [0.4, 0.5) is 20.6 Å². The standard InChI is InChI=1S/C20H11FN2O5S/c21-12-5-7-13(8-6-12)22-19(24)18(29-20(22)25)11-14-9-10-17(28-14)15-3-1-2-4-16(15)23(26)27/h1-11H/b18-11+. The maximum absolute atomic E-state index is 13.1. The second-order valence-electron chi connectivity index (χ2n) is 5.97. The molecule has 0 saturated carbocycles. The SMILES string of the molecule is O=C1S/C(=C/c2ccc(-c3ccccc3[N+](=O)[O-])o2)C(=O)N1c1ccc(F)cc1. The van der Waals surface area contributed by atoms with Crippen molar-refractivity contribution in [2.45, 2.75) is 0 Å². The molecule has 2 amide bonds. The highest BCUT2D eigenvalue weighted by molar-refractivity contribution is 8.19. The molecule has 0 bridgehead atoms. The van der Waals surface area contributed by atoms with Crippen molar-refractivity contribution in [1.82, 2.24) is 0 Å². The van der Waals surface area contributed by atoms with Gasteiger partial charge < -0.3 is 4.42 Å². The number of furan rings is 1. The quantitative estimate of drug-likeness (QED) is 0.332. The number of nitro benzene ring substituents is 1. The topological polar surface area (TPSA) is 93.7 Å². The molecule has 7 nitrogen and oxygen atoms in total. The second kappa shape index (κ2) is 7.36. The van der Waals surface area contributed by atoms with Gasteiger partial charge in [-0.15, -0.1) is 0 Å². The molecule has 0 spiro atoms. The van der Waals surface area contributed by atoms with E-state index in [1.807, 2.05) is 0 Å². The molecular formula is C20H11FN2O5S. The van der Waals surface area contributed by atoms with Crippen LogP contribution in [0.5, 0.6) is 0 Å². The number of rotatable bonds is 4. The fraction of sp³-hybridized carbons (Fsp3) is 0. The Morgan fingerprint density at radius 2 is 1.76 bits per heavy atom. The zero-order chi connectivity index (χ0) is 20.5. The predicted octanol–water partition coefficient (Wildman–Crippen LogP) is 5.23. The third kappa shape index (κ3) is 3.55. The predicted molar refractivity (Wildman–Crippen MR) is 106 cm³/mol. The minimum absolute atomic E-state index is 0.106. The molecule has 1 saturated heterocycles. The molecular weight excluding hydrogens is 399 g/mol. The van der Waals surface area contributed by atoms with Crippen molar-refractivity contribution < 1.29 is 23.3 Å². The molecule has 0 N–H and O–H groups in total. The summed E-state index contributed by atoms with van der Waals surface area (Å²) in [6.07, 6.45) is 1.40. The van der Waals surface area contributed by atoms with Crippen molar-refractivity contribution in [3.63, 3.8) is 0 Å². The van der Waals surface area contributed by atoms with E-state index in [4.69, 9.17) is 4.42 Å². The van der Waals surface area contributed by atoms with Gasteiger partial charge in [-0.25, -0.2) is 9.29 Å². The van der Waals surface area contributed by atoms with Gasteiger partial charge in [-0.1, -0.05) is 12.1 Å². The van der Waals surface area contributed by atoms with Gasteiger partial charge in [-0.3, -0.25) is 19.7 Å². The highest BCUT2D eigenvalue weighted by Gasteiger charge is 2.36. The Balaban J connectivity index is 1.63. The number of carbonyl (C=O) groups is 2. The fourth-order valence-electron chi connectivity index (χ4n) is 2.83. The third-order valence-electron chi connectivity index (χ3n) is 4.14. The average molecular weight is 410 g/mol. The van der Waals surface area contributed by atoms with E-state index in [1.54, 1.807) is 30.3 Å². The van der Waals surface area contributed by atoms with E-state index in [0.29, 0.717) is 5.56 Å². The van der Waals surface area contributed by atoms with Crippen LogP contribution in [-0.4, -0.2) is 16.1 Å². The number of thioether (sulfide) groups is 1. The highest BCUT2D eigenvalue weighted by atomic mass is 32.2. The number of nitrogens with zero attached hydrogens (tertiary/aromatic N) is 2. The lowest BCUT2D eigenvalue weighted by Gasteiger charge is -2.11. The van der Waals surface area contributed by atoms with Gasteiger partial charge in [0.15, 0.2) is 0 Å². The third-order valence-corrected chi connectivity index (χ3v) is 5.01. The van der Waals surface area contributed by atoms with Crippen molar-refractivity contribution in [3.8, 4) is 11.3 Å². The van der Waals surface area contributed by atoms with Gasteiger partial charge in [0.25, 0.3) is 16.8 Å². The van der Waals surface area contributed by atoms with E-state index in [9.17, 15) is 24.1 Å². The molecule has 1 fully saturated rings. The zero-order valence-corrected chi connectivity index (χ0v) is 15.4. The average Bonchev–Trinajstić information content (AvgIpc) is 3.27. The number of halogens is 1. The molecule has 2 aromatic carbocycles. The number of amides is 2. The number of anilines is 1. The molecule has 0 atom stereocenters. The molecule has 144 valence electrons. The van der Waals surface area contributed by atoms with Gasteiger partial charge in [0.05, 0.1) is 21.1 Å². The fourth-order valence-corrected chi connectivity index (χ4v) is 3.65. The lowest BCUT2D eigenvalue weighted by atomic mass is 10.1. The first kappa shape index (κ1) is 18.6. The maximum Gasteiger partial charge on any atom is 0.298 e. The number of para-hydroxylation sites is 1. The number of hydrogen-bond donors (Lipinski definition) is 0. The van der Waals surface area contributed by atoms with Gasteiger partial charge in [0.1, 0.15) is 17.3 Å². The van der Waals surface area contributed by atoms with E-state index in [-0.39, 0.29) is 27.8 Å². The minimum Gasteiger partial charge on any atom is -0.456 e. The van der Waals surface area contributed by atoms with Crippen molar-refractivity contribution in [2.75, 3.05) is 4.90 Å². The molecule has 1 aliphatic heterocycles. The van der Waals surface area contributed by atoms with Crippen LogP contribution < -0.4 is 4.90 Å². The number of carbonyl (C=O) groups excluding carboxylic acids is 2. The zero-order valence-electron chi connectivity index (χ0n) is 14.6. The summed E-state index contributed by atoms with van der Waals surface area (Å²) in [6, 6.07) is 14.2. The second-order valence-corrected chi connectivity index (χ2v) is 6.96. The summed E-state index contributed by atoms with van der Waals surface area (Å²) >= 11 is 0.725. The van der Waals surface area contributed by atoms with Crippen LogP contribution in [-0.2, 0) is 4.79 Å². The summed E-state index contributed by atoms with van der Waals surface area (Å²) in [6.45, 7) is 0. The number of imide groups is 1. The Hall–Kier alpha value is -3.72. The first-order valence-electron chi connectivity index (χ1n) is 8.31. The van der Waals surface area contributed by atoms with E-state index in [0.717, 1.165) is 28.8 Å². The van der Waals surface area contributed by atoms with Gasteiger partial charge in [-0.05, 0) is 54.2 Å². The van der Waals surface area contributed by atoms with E-state index in [2.05, 4.69) is 0 Å². The van der Waals surface area contributed by atoms with Crippen molar-refractivity contribution in [3.05, 3.63) is 87.3 Å². The molecule has 0 aliphatic carbocycles. The number of nitro groups is 1. The van der Waals surface area contributed by atoms with Crippen LogP contribution in [0, 0.1) is 15.9 Å². The van der Waals surface area contributed by atoms with Crippen molar-refractivity contribution in [2.24, 2.45) is 0 Å². The van der Waals surface area contributed by atoms with Crippen LogP contribution in [0.1, 0.15) is 5.76 Å². The first-order valence-corrected chi connectivity index (χ1v) is 9.13. The van der Waals surface area contributed by atoms with Crippen LogP contribution in [0.15, 0.2) is 70.0 Å². The van der Waals surface area contributed by atoms with E-state index < -0.39 is 21.9 Å². The molecule has 9 heteroatoms. The van der Waals surface area contributed by atoms with Crippen LogP contribution in [0.2, 0.25) is 0 Å². The summed E-state index contributed by atoms with van der Waals surface area (Å²) in [4.78, 5) is 36.6. The first-order chi connectivity index (χ1) is 13.9. The minimum atomic E-state index is -0.560. The van der Waals surface area contributed by atoms with Crippen molar-refractivity contribution >= 4 is 40.4 Å². The summed E-state index contributed by atoms with van der Waals surface area (Å²) in [5.74, 6) is -0.506. The maximum atomic E-state index is 13.1. The summed E-state index contributed by atoms with van der Waals surface area (Å²) < 4.78 is 18.7. The van der Waals surface area contributed by atoms with Gasteiger partial charge in [0.2, 0.25) is 0 Å². The molecule has 1 aromatic heterocycles. The molecule has 0 radical (unpaired) electrons. The summed E-state index contributed by atoms with van der Waals surface area (Å²) in [5.41, 5.74) is 0.457. The largest absolute Gasteiger partial charge is 0.456 e. The van der Waals surface area contributed by atoms with E-state index >= 15 is 0 Å². The lowest BCUT2D eigenvalue weighted by molar-refractivity contribution is -0.384. The Morgan fingerprint density at radius 1 is 1.03 bits per heavy atom. The van der Waals surface area contributed by atoms with Gasteiger partial charge in [-0.2, -0.15) is 0 Å². The molecule has 4 rings (SSSR count). The summed E-state index contributed by atoms with van der Waals surface area (Å²) in [5, 5.41) is 10.7. The Kier molecular flexibility index (Phi) is 4.73. The number of benzene rings is 2. The molecule has 1 aliphatic rings. The van der Waals surface area contributed by atoms with Crippen molar-refractivity contribution in [1.29, 1.82) is 0 Å². The Bertz CT molecular complexity index is 1170. The number of hydrogen-bond acceptors (Lipinski definition) is 6. The molecule has 3 aromatic rings. The highest BCUT2D eigenvalue weighted by Crippen LogP contribution is 2.37. The molecule has 29 heavy (non-hydrogen) atoms. The van der Waals surface area contributed by atoms with Crippen LogP contribution >= 0.6 is 11.8 Å². The summed E-state index contributed by atoms with van der Waals surface area (Å²) in [7, 11) is 0. The lowest BCUT2D eigenvalue weighted by Crippen LogP contribution is -2.27. The van der Waals surface area contributed by atoms with Crippen LogP contribution in [0.3, 0.4) is 0 Å². The Morgan fingerprint density at radius 3 is 2.48 bits per heavy atom. The Labute approximate surface area is 167 Å². The van der Waals surface area contributed by atoms with Gasteiger partial charge >= 0.3 is 0 Å². The smallest absolute Gasteiger partial charge is 0.298 e. The molecule has 2 heterocycles. The molecule has 0 unspecified atom stereocenters. The normalized spacial score (nSPS) is 15.3.